The molecule has 0 rings (SSSR count). The molecule has 0 saturated heterocycles. The van der Waals surface area contributed by atoms with E-state index in [1.165, 1.54) is 108 Å². The van der Waals surface area contributed by atoms with Crippen LogP contribution in [0.2, 0.25) is 0 Å². The molecule has 136 valence electrons. The van der Waals surface area contributed by atoms with E-state index in [9.17, 15) is 0 Å². The molecule has 0 aromatic rings. The third-order valence-corrected chi connectivity index (χ3v) is 6.71. The van der Waals surface area contributed by atoms with Crippen molar-refractivity contribution >= 4 is 23.3 Å². The molecule has 0 aliphatic rings. The SMILES string of the molecule is CCCCCCCCCCCCCCCCCCS(C)(C)Br. The van der Waals surface area contributed by atoms with E-state index in [0.717, 1.165) is 0 Å². The lowest BCUT2D eigenvalue weighted by molar-refractivity contribution is 0.531. The second-order valence-electron chi connectivity index (χ2n) is 7.41. The minimum atomic E-state index is -0.431. The van der Waals surface area contributed by atoms with Crippen molar-refractivity contribution in [3.63, 3.8) is 0 Å². The first-order valence-electron chi connectivity index (χ1n) is 9.97. The van der Waals surface area contributed by atoms with Gasteiger partial charge < -0.3 is 0 Å². The minimum absolute atomic E-state index is 0.431. The van der Waals surface area contributed by atoms with E-state index in [1.807, 2.05) is 0 Å². The fourth-order valence-electron chi connectivity index (χ4n) is 2.99. The topological polar surface area (TPSA) is 0 Å². The van der Waals surface area contributed by atoms with Gasteiger partial charge in [0.2, 0.25) is 0 Å². The van der Waals surface area contributed by atoms with E-state index in [0.29, 0.717) is 0 Å². The third-order valence-electron chi connectivity index (χ3n) is 4.48. The number of unbranched alkanes of at least 4 members (excludes halogenated alkanes) is 15. The van der Waals surface area contributed by atoms with Gasteiger partial charge >= 0.3 is 0 Å². The van der Waals surface area contributed by atoms with Gasteiger partial charge in [-0.1, -0.05) is 103 Å². The molecule has 2 heteroatoms. The van der Waals surface area contributed by atoms with Crippen LogP contribution in [0.15, 0.2) is 0 Å². The molecule has 22 heavy (non-hydrogen) atoms. The maximum absolute atomic E-state index is 3.81. The summed E-state index contributed by atoms with van der Waals surface area (Å²) in [6, 6.07) is 0. The zero-order chi connectivity index (χ0) is 16.5. The summed E-state index contributed by atoms with van der Waals surface area (Å²) in [5, 5.41) is 0. The van der Waals surface area contributed by atoms with Gasteiger partial charge in [0.05, 0.1) is 0 Å². The molecule has 0 fully saturated rings. The number of halogens is 1. The Labute approximate surface area is 151 Å². The van der Waals surface area contributed by atoms with Crippen molar-refractivity contribution in [1.82, 2.24) is 0 Å². The smallest absolute Gasteiger partial charge is 0.0141 e. The van der Waals surface area contributed by atoms with Crippen LogP contribution < -0.4 is 0 Å². The molecule has 0 spiro atoms. The van der Waals surface area contributed by atoms with Crippen LogP contribution in [-0.4, -0.2) is 18.3 Å². The van der Waals surface area contributed by atoms with Crippen LogP contribution in [0, 0.1) is 0 Å². The van der Waals surface area contributed by atoms with E-state index >= 15 is 0 Å². The van der Waals surface area contributed by atoms with Crippen molar-refractivity contribution in [3.8, 4) is 0 Å². The molecule has 0 atom stereocenters. The van der Waals surface area contributed by atoms with Gasteiger partial charge in [-0.25, -0.2) is 0 Å². The number of rotatable bonds is 17. The maximum atomic E-state index is 3.81. The summed E-state index contributed by atoms with van der Waals surface area (Å²) in [6.07, 6.45) is 28.1. The second-order valence-corrected chi connectivity index (χ2v) is 15.9. The largest absolute Gasteiger partial charge is 0.189 e. The monoisotopic (exact) mass is 394 g/mol. The molecule has 0 N–H and O–H groups in total. The van der Waals surface area contributed by atoms with Crippen molar-refractivity contribution in [2.24, 2.45) is 0 Å². The summed E-state index contributed by atoms with van der Waals surface area (Å²) in [7, 11) is -0.431. The highest BCUT2D eigenvalue weighted by Gasteiger charge is 2.04. The van der Waals surface area contributed by atoms with Crippen LogP contribution in [-0.2, 0) is 0 Å². The van der Waals surface area contributed by atoms with Gasteiger partial charge in [-0.3, -0.25) is 0 Å². The van der Waals surface area contributed by atoms with Gasteiger partial charge in [-0.2, -0.15) is 8.46 Å². The third kappa shape index (κ3) is 20.8. The molecule has 0 heterocycles. The van der Waals surface area contributed by atoms with Crippen LogP contribution in [0.5, 0.6) is 0 Å². The molecule has 0 unspecified atom stereocenters. The normalized spacial score (nSPS) is 12.7. The molecule has 0 aliphatic heterocycles. The lowest BCUT2D eigenvalue weighted by Crippen LogP contribution is -1.92. The Kier molecular flexibility index (Phi) is 17.3. The highest BCUT2D eigenvalue weighted by molar-refractivity contribution is 9.58. The molecule has 0 nitrogen and oxygen atoms in total. The van der Waals surface area contributed by atoms with Gasteiger partial charge in [0.15, 0.2) is 0 Å². The molecular formula is C20H43BrS. The lowest BCUT2D eigenvalue weighted by atomic mass is 10.0. The van der Waals surface area contributed by atoms with Crippen LogP contribution >= 0.6 is 23.3 Å². The highest BCUT2D eigenvalue weighted by Crippen LogP contribution is 2.48. The Morgan fingerprint density at radius 1 is 0.500 bits per heavy atom. The first-order valence-corrected chi connectivity index (χ1v) is 14.4. The Hall–Kier alpha value is 0.830. The van der Waals surface area contributed by atoms with Crippen LogP contribution in [0.1, 0.15) is 110 Å². The predicted molar refractivity (Wildman–Crippen MR) is 113 cm³/mol. The van der Waals surface area contributed by atoms with Crippen LogP contribution in [0.3, 0.4) is 0 Å². The van der Waals surface area contributed by atoms with Gasteiger partial charge in [-0.05, 0) is 39.5 Å². The van der Waals surface area contributed by atoms with Gasteiger partial charge in [0.1, 0.15) is 0 Å². The molecule has 0 amide bonds. The molecule has 0 radical (unpaired) electrons. The average Bonchev–Trinajstić information content (AvgIpc) is 2.45. The van der Waals surface area contributed by atoms with Crippen LogP contribution in [0.25, 0.3) is 0 Å². The molecule has 0 aromatic heterocycles. The first kappa shape index (κ1) is 22.8. The van der Waals surface area contributed by atoms with Gasteiger partial charge in [0.25, 0.3) is 0 Å². The standard InChI is InChI=1S/C20H43BrS/c1-4-5-6-7-8-9-10-11-12-13-14-15-16-17-18-19-20-22(2,3)21/h4-20H2,1-3H3. The summed E-state index contributed by atoms with van der Waals surface area (Å²) < 4.78 is 0. The van der Waals surface area contributed by atoms with E-state index in [4.69, 9.17) is 0 Å². The second kappa shape index (κ2) is 16.7. The van der Waals surface area contributed by atoms with Crippen molar-refractivity contribution in [1.29, 1.82) is 0 Å². The summed E-state index contributed by atoms with van der Waals surface area (Å²) in [6.45, 7) is 2.30. The molecule has 0 aromatic carbocycles. The Morgan fingerprint density at radius 3 is 1.05 bits per heavy atom. The number of hydrogen-bond donors (Lipinski definition) is 0. The van der Waals surface area contributed by atoms with Crippen molar-refractivity contribution in [3.05, 3.63) is 0 Å². The quantitative estimate of drug-likeness (QED) is 0.216. The van der Waals surface area contributed by atoms with E-state index in [-0.39, 0.29) is 0 Å². The van der Waals surface area contributed by atoms with Crippen molar-refractivity contribution in [2.75, 3.05) is 18.3 Å². The Bertz CT molecular complexity index is 210. The lowest BCUT2D eigenvalue weighted by Gasteiger charge is -2.21. The highest BCUT2D eigenvalue weighted by atomic mass is 79.9. The zero-order valence-corrected chi connectivity index (χ0v) is 18.2. The van der Waals surface area contributed by atoms with Crippen molar-refractivity contribution < 1.29 is 0 Å². The summed E-state index contributed by atoms with van der Waals surface area (Å²) in [5.74, 6) is 1.39. The fourth-order valence-corrected chi connectivity index (χ4v) is 4.57. The average molecular weight is 396 g/mol. The molecule has 0 bridgehead atoms. The fraction of sp³-hybridized carbons (Fsp3) is 1.00. The Morgan fingerprint density at radius 2 is 0.773 bits per heavy atom. The van der Waals surface area contributed by atoms with Crippen LogP contribution in [0.4, 0.5) is 0 Å². The van der Waals surface area contributed by atoms with Gasteiger partial charge in [-0.15, -0.1) is 0 Å². The summed E-state index contributed by atoms with van der Waals surface area (Å²) >= 11 is 3.81. The summed E-state index contributed by atoms with van der Waals surface area (Å²) in [5.41, 5.74) is 0. The van der Waals surface area contributed by atoms with E-state index in [1.54, 1.807) is 0 Å². The number of hydrogen-bond acceptors (Lipinski definition) is 0. The molecule has 0 aliphatic carbocycles. The zero-order valence-electron chi connectivity index (χ0n) is 15.8. The van der Waals surface area contributed by atoms with Crippen molar-refractivity contribution in [2.45, 2.75) is 110 Å². The minimum Gasteiger partial charge on any atom is -0.189 e. The van der Waals surface area contributed by atoms with Gasteiger partial charge in [0, 0.05) is 0 Å². The van der Waals surface area contributed by atoms with E-state index < -0.39 is 8.46 Å². The summed E-state index contributed by atoms with van der Waals surface area (Å²) in [4.78, 5) is 0. The Balaban J connectivity index is 3.00. The predicted octanol–water partition coefficient (Wildman–Crippen LogP) is 8.62. The maximum Gasteiger partial charge on any atom is -0.0141 e. The van der Waals surface area contributed by atoms with E-state index in [2.05, 4.69) is 34.2 Å². The first-order chi connectivity index (χ1) is 10.6. The molecular weight excluding hydrogens is 352 g/mol. The molecule has 0 saturated carbocycles.